The summed E-state index contributed by atoms with van der Waals surface area (Å²) in [6, 6.07) is 0. The lowest BCUT2D eigenvalue weighted by Crippen LogP contribution is -2.33. The van der Waals surface area contributed by atoms with Gasteiger partial charge < -0.3 is 9.80 Å². The number of nitrogens with one attached hydrogen (secondary N) is 1. The molecule has 0 saturated carbocycles. The number of likely N-dealkylation sites (N-methyl/N-ethyl adjacent to an activating group) is 1. The van der Waals surface area contributed by atoms with Crippen molar-refractivity contribution in [2.24, 2.45) is 5.84 Å². The first kappa shape index (κ1) is 13.4. The Bertz CT molecular complexity index is 204. The first-order valence-corrected chi connectivity index (χ1v) is 6.12. The van der Waals surface area contributed by atoms with Crippen LogP contribution in [0, 0.1) is 0 Å². The standard InChI is InChI=1S/C11H24N4O/c1-14(6-4-5-11(16)13-12)9-10-15-7-2-3-8-15/h2-10,12H2,1H3,(H,13,16). The summed E-state index contributed by atoms with van der Waals surface area (Å²) in [7, 11) is 2.11. The third-order valence-corrected chi connectivity index (χ3v) is 3.10. The summed E-state index contributed by atoms with van der Waals surface area (Å²) in [5.74, 6) is 4.93. The van der Waals surface area contributed by atoms with Crippen molar-refractivity contribution in [3.05, 3.63) is 0 Å². The molecular weight excluding hydrogens is 204 g/mol. The van der Waals surface area contributed by atoms with Crippen LogP contribution < -0.4 is 11.3 Å². The second kappa shape index (κ2) is 7.60. The number of hydrazine groups is 1. The molecule has 1 aliphatic heterocycles. The van der Waals surface area contributed by atoms with Crippen molar-refractivity contribution in [2.75, 3.05) is 39.8 Å². The number of likely N-dealkylation sites (tertiary alicyclic amines) is 1. The predicted octanol–water partition coefficient (Wildman–Crippen LogP) is -0.216. The van der Waals surface area contributed by atoms with E-state index in [0.29, 0.717) is 6.42 Å². The molecule has 0 unspecified atom stereocenters. The van der Waals surface area contributed by atoms with Gasteiger partial charge in [-0.2, -0.15) is 0 Å². The molecule has 1 heterocycles. The van der Waals surface area contributed by atoms with Gasteiger partial charge in [0.2, 0.25) is 5.91 Å². The molecule has 16 heavy (non-hydrogen) atoms. The normalized spacial score (nSPS) is 16.9. The molecule has 94 valence electrons. The van der Waals surface area contributed by atoms with Crippen LogP contribution in [0.5, 0.6) is 0 Å². The molecule has 0 radical (unpaired) electrons. The number of rotatable bonds is 7. The Morgan fingerprint density at radius 3 is 2.69 bits per heavy atom. The fraction of sp³-hybridized carbons (Fsp3) is 0.909. The lowest BCUT2D eigenvalue weighted by atomic mass is 10.3. The summed E-state index contributed by atoms with van der Waals surface area (Å²) in [5.41, 5.74) is 2.15. The van der Waals surface area contributed by atoms with Gasteiger partial charge in [0.05, 0.1) is 0 Å². The zero-order valence-electron chi connectivity index (χ0n) is 10.2. The summed E-state index contributed by atoms with van der Waals surface area (Å²) in [5, 5.41) is 0. The Morgan fingerprint density at radius 1 is 1.38 bits per heavy atom. The van der Waals surface area contributed by atoms with Crippen LogP contribution >= 0.6 is 0 Å². The average Bonchev–Trinajstić information content (AvgIpc) is 2.79. The maximum Gasteiger partial charge on any atom is 0.233 e. The molecule has 0 aliphatic carbocycles. The smallest absolute Gasteiger partial charge is 0.233 e. The molecule has 0 bridgehead atoms. The monoisotopic (exact) mass is 228 g/mol. The molecule has 0 spiro atoms. The van der Waals surface area contributed by atoms with Gasteiger partial charge in [-0.3, -0.25) is 10.2 Å². The highest BCUT2D eigenvalue weighted by molar-refractivity contribution is 5.75. The third kappa shape index (κ3) is 5.44. The van der Waals surface area contributed by atoms with Gasteiger partial charge in [-0.1, -0.05) is 0 Å². The Kier molecular flexibility index (Phi) is 6.37. The average molecular weight is 228 g/mol. The summed E-state index contributed by atoms with van der Waals surface area (Å²) < 4.78 is 0. The van der Waals surface area contributed by atoms with Crippen LogP contribution in [0.25, 0.3) is 0 Å². The van der Waals surface area contributed by atoms with Crippen molar-refractivity contribution >= 4 is 5.91 Å². The van der Waals surface area contributed by atoms with Crippen LogP contribution in [0.3, 0.4) is 0 Å². The molecule has 1 aliphatic rings. The summed E-state index contributed by atoms with van der Waals surface area (Å²) in [4.78, 5) is 15.7. The van der Waals surface area contributed by atoms with Crippen molar-refractivity contribution in [2.45, 2.75) is 25.7 Å². The van der Waals surface area contributed by atoms with E-state index in [1.165, 1.54) is 25.9 Å². The van der Waals surface area contributed by atoms with Gasteiger partial charge in [0.1, 0.15) is 0 Å². The molecule has 0 aromatic carbocycles. The molecule has 0 atom stereocenters. The second-order valence-electron chi connectivity index (χ2n) is 4.52. The second-order valence-corrected chi connectivity index (χ2v) is 4.52. The van der Waals surface area contributed by atoms with Crippen LogP contribution in [-0.2, 0) is 4.79 Å². The van der Waals surface area contributed by atoms with E-state index in [0.717, 1.165) is 26.1 Å². The Balaban J connectivity index is 1.97. The number of hydrogen-bond donors (Lipinski definition) is 2. The quantitative estimate of drug-likeness (QED) is 0.359. The molecule has 1 saturated heterocycles. The van der Waals surface area contributed by atoms with Crippen molar-refractivity contribution in [3.63, 3.8) is 0 Å². The minimum atomic E-state index is -0.0760. The zero-order chi connectivity index (χ0) is 11.8. The maximum absolute atomic E-state index is 10.9. The molecule has 1 fully saturated rings. The molecule has 1 amide bonds. The van der Waals surface area contributed by atoms with Gasteiger partial charge in [0.25, 0.3) is 0 Å². The van der Waals surface area contributed by atoms with Crippen LogP contribution in [0.1, 0.15) is 25.7 Å². The SMILES string of the molecule is CN(CCCC(=O)NN)CCN1CCCC1. The highest BCUT2D eigenvalue weighted by Crippen LogP contribution is 2.06. The van der Waals surface area contributed by atoms with Gasteiger partial charge >= 0.3 is 0 Å². The van der Waals surface area contributed by atoms with Gasteiger partial charge in [-0.05, 0) is 45.9 Å². The van der Waals surface area contributed by atoms with Crippen LogP contribution in [0.15, 0.2) is 0 Å². The lowest BCUT2D eigenvalue weighted by Gasteiger charge is -2.21. The summed E-state index contributed by atoms with van der Waals surface area (Å²) in [6.07, 6.45) is 4.09. The van der Waals surface area contributed by atoms with Gasteiger partial charge in [0, 0.05) is 19.5 Å². The lowest BCUT2D eigenvalue weighted by molar-refractivity contribution is -0.121. The number of hydrogen-bond acceptors (Lipinski definition) is 4. The Labute approximate surface area is 97.9 Å². The maximum atomic E-state index is 10.9. The topological polar surface area (TPSA) is 61.6 Å². The minimum absolute atomic E-state index is 0.0760. The van der Waals surface area contributed by atoms with E-state index in [9.17, 15) is 4.79 Å². The number of carbonyl (C=O) groups excluding carboxylic acids is 1. The van der Waals surface area contributed by atoms with E-state index in [1.54, 1.807) is 0 Å². The largest absolute Gasteiger partial charge is 0.305 e. The fourth-order valence-corrected chi connectivity index (χ4v) is 2.01. The number of nitrogens with zero attached hydrogens (tertiary/aromatic N) is 2. The molecule has 3 N–H and O–H groups in total. The molecule has 0 aromatic rings. The Hall–Kier alpha value is -0.650. The van der Waals surface area contributed by atoms with Crippen LogP contribution in [0.2, 0.25) is 0 Å². The van der Waals surface area contributed by atoms with Gasteiger partial charge in [-0.15, -0.1) is 0 Å². The van der Waals surface area contributed by atoms with Crippen LogP contribution in [-0.4, -0.2) is 55.5 Å². The number of carbonyl (C=O) groups is 1. The fourth-order valence-electron chi connectivity index (χ4n) is 2.01. The number of amides is 1. The highest BCUT2D eigenvalue weighted by Gasteiger charge is 2.11. The van der Waals surface area contributed by atoms with E-state index in [2.05, 4.69) is 22.3 Å². The summed E-state index contributed by atoms with van der Waals surface area (Å²) in [6.45, 7) is 5.71. The van der Waals surface area contributed by atoms with Crippen molar-refractivity contribution in [1.29, 1.82) is 0 Å². The summed E-state index contributed by atoms with van der Waals surface area (Å²) >= 11 is 0. The van der Waals surface area contributed by atoms with Crippen LogP contribution in [0.4, 0.5) is 0 Å². The molecular formula is C11H24N4O. The first-order chi connectivity index (χ1) is 7.72. The van der Waals surface area contributed by atoms with E-state index in [-0.39, 0.29) is 5.91 Å². The highest BCUT2D eigenvalue weighted by atomic mass is 16.2. The molecule has 1 rings (SSSR count). The van der Waals surface area contributed by atoms with E-state index in [1.807, 2.05) is 0 Å². The third-order valence-electron chi connectivity index (χ3n) is 3.10. The molecule has 5 nitrogen and oxygen atoms in total. The van der Waals surface area contributed by atoms with Crippen molar-refractivity contribution < 1.29 is 4.79 Å². The van der Waals surface area contributed by atoms with E-state index >= 15 is 0 Å². The van der Waals surface area contributed by atoms with Crippen molar-refractivity contribution in [3.8, 4) is 0 Å². The molecule has 5 heteroatoms. The number of nitrogens with two attached hydrogens (primary N) is 1. The van der Waals surface area contributed by atoms with Crippen molar-refractivity contribution in [1.82, 2.24) is 15.2 Å². The van der Waals surface area contributed by atoms with Gasteiger partial charge in [-0.25, -0.2) is 5.84 Å². The zero-order valence-corrected chi connectivity index (χ0v) is 10.2. The van der Waals surface area contributed by atoms with E-state index in [4.69, 9.17) is 5.84 Å². The Morgan fingerprint density at radius 2 is 2.06 bits per heavy atom. The van der Waals surface area contributed by atoms with E-state index < -0.39 is 0 Å². The first-order valence-electron chi connectivity index (χ1n) is 6.12. The molecule has 0 aromatic heterocycles. The minimum Gasteiger partial charge on any atom is -0.305 e. The van der Waals surface area contributed by atoms with Gasteiger partial charge in [0.15, 0.2) is 0 Å². The predicted molar refractivity (Wildman–Crippen MR) is 64.7 cm³/mol.